The van der Waals surface area contributed by atoms with Gasteiger partial charge in [0.05, 0.1) is 34.1 Å². The molecule has 3 aromatic rings. The van der Waals surface area contributed by atoms with Crippen LogP contribution in [0.3, 0.4) is 0 Å². The Morgan fingerprint density at radius 3 is 2.78 bits per heavy atom. The molecule has 32 heavy (non-hydrogen) atoms. The molecule has 0 bridgehead atoms. The summed E-state index contributed by atoms with van der Waals surface area (Å²) < 4.78 is 17.6. The highest BCUT2D eigenvalue weighted by molar-refractivity contribution is 7.07. The number of carbonyl (C=O) groups is 1. The van der Waals surface area contributed by atoms with Crippen molar-refractivity contribution in [1.82, 2.24) is 4.68 Å². The van der Waals surface area contributed by atoms with E-state index in [9.17, 15) is 14.9 Å². The number of nitrogens with one attached hydrogen (secondary N) is 1. The Morgan fingerprint density at radius 2 is 2.00 bits per heavy atom. The molecule has 2 aliphatic rings. The molecule has 0 saturated heterocycles. The molecule has 5 rings (SSSR count). The lowest BCUT2D eigenvalue weighted by molar-refractivity contribution is -0.385. The second-order valence-corrected chi connectivity index (χ2v) is 7.59. The van der Waals surface area contributed by atoms with Crippen LogP contribution in [0, 0.1) is 10.1 Å². The van der Waals surface area contributed by atoms with Gasteiger partial charge in [0.15, 0.2) is 18.1 Å². The third-order valence-electron chi connectivity index (χ3n) is 4.82. The summed E-state index contributed by atoms with van der Waals surface area (Å²) in [6.07, 6.45) is 1.38. The predicted octanol–water partition coefficient (Wildman–Crippen LogP) is 2.60. The van der Waals surface area contributed by atoms with E-state index in [1.807, 2.05) is 11.4 Å². The summed E-state index contributed by atoms with van der Waals surface area (Å²) in [5, 5.41) is 20.6. The minimum atomic E-state index is -0.500. The van der Waals surface area contributed by atoms with Crippen molar-refractivity contribution in [2.24, 2.45) is 10.1 Å². The van der Waals surface area contributed by atoms with Crippen LogP contribution >= 0.6 is 11.3 Å². The molecule has 11 nitrogen and oxygen atoms in total. The lowest BCUT2D eigenvalue weighted by Crippen LogP contribution is -2.25. The average molecular weight is 453 g/mol. The summed E-state index contributed by atoms with van der Waals surface area (Å²) >= 11 is 1.36. The van der Waals surface area contributed by atoms with Gasteiger partial charge in [-0.3, -0.25) is 19.9 Å². The highest BCUT2D eigenvalue weighted by atomic mass is 32.1. The van der Waals surface area contributed by atoms with Crippen molar-refractivity contribution < 1.29 is 23.9 Å². The summed E-state index contributed by atoms with van der Waals surface area (Å²) in [6.45, 7) is -0.0176. The number of nitro benzene ring substituents is 1. The Bertz CT molecular complexity index is 1360. The van der Waals surface area contributed by atoms with Crippen LogP contribution in [-0.4, -0.2) is 42.2 Å². The van der Waals surface area contributed by atoms with Gasteiger partial charge >= 0.3 is 0 Å². The fraction of sp³-hybridized carbons (Fsp3) is 0.150. The third kappa shape index (κ3) is 3.46. The zero-order valence-corrected chi connectivity index (χ0v) is 17.4. The van der Waals surface area contributed by atoms with E-state index in [4.69, 9.17) is 14.2 Å². The first-order chi connectivity index (χ1) is 15.5. The Kier molecular flexibility index (Phi) is 4.82. The highest BCUT2D eigenvalue weighted by Gasteiger charge is 2.23. The molecular weight excluding hydrogens is 438 g/mol. The van der Waals surface area contributed by atoms with Gasteiger partial charge in [-0.15, -0.1) is 11.3 Å². The number of benzene rings is 2. The fourth-order valence-electron chi connectivity index (χ4n) is 3.33. The molecule has 2 aliphatic heterocycles. The van der Waals surface area contributed by atoms with Gasteiger partial charge in [0, 0.05) is 18.0 Å². The number of fused-ring (bicyclic) bond motifs is 2. The number of nitrogens with zero attached hydrogens (tertiary/aromatic N) is 4. The smallest absolute Gasteiger partial charge is 0.282 e. The summed E-state index contributed by atoms with van der Waals surface area (Å²) in [5.41, 5.74) is 2.12. The molecule has 0 unspecified atom stereocenters. The number of ether oxygens (including phenoxy) is 3. The molecule has 0 fully saturated rings. The molecular formula is C20H15N5O6S. The van der Waals surface area contributed by atoms with E-state index in [1.54, 1.807) is 23.9 Å². The fourth-order valence-corrected chi connectivity index (χ4v) is 4.14. The van der Waals surface area contributed by atoms with Crippen molar-refractivity contribution in [3.8, 4) is 28.5 Å². The van der Waals surface area contributed by atoms with Crippen molar-refractivity contribution in [3.63, 3.8) is 0 Å². The van der Waals surface area contributed by atoms with Gasteiger partial charge in [0.2, 0.25) is 11.6 Å². The number of anilines is 1. The molecule has 0 atom stereocenters. The van der Waals surface area contributed by atoms with E-state index in [2.05, 4.69) is 15.4 Å². The van der Waals surface area contributed by atoms with Gasteiger partial charge in [0.25, 0.3) is 11.6 Å². The van der Waals surface area contributed by atoms with Crippen LogP contribution in [-0.2, 0) is 4.79 Å². The largest absolute Gasteiger partial charge is 0.482 e. The number of hydrogen-bond donors (Lipinski definition) is 1. The maximum atomic E-state index is 11.7. The summed E-state index contributed by atoms with van der Waals surface area (Å²) in [7, 11) is 1.63. The third-order valence-corrected chi connectivity index (χ3v) is 5.72. The van der Waals surface area contributed by atoms with Gasteiger partial charge in [0.1, 0.15) is 5.75 Å². The van der Waals surface area contributed by atoms with E-state index in [1.165, 1.54) is 29.7 Å². The molecule has 12 heteroatoms. The summed E-state index contributed by atoms with van der Waals surface area (Å²) in [4.78, 5) is 27.5. The average Bonchev–Trinajstić information content (AvgIpc) is 3.42. The molecule has 1 N–H and O–H groups in total. The molecule has 1 aromatic heterocycles. The van der Waals surface area contributed by atoms with E-state index in [0.29, 0.717) is 33.4 Å². The lowest BCUT2D eigenvalue weighted by atomic mass is 10.1. The molecule has 162 valence electrons. The van der Waals surface area contributed by atoms with Crippen molar-refractivity contribution in [2.75, 3.05) is 25.8 Å². The van der Waals surface area contributed by atoms with Crippen LogP contribution in [0.1, 0.15) is 5.56 Å². The van der Waals surface area contributed by atoms with E-state index < -0.39 is 4.92 Å². The highest BCUT2D eigenvalue weighted by Crippen LogP contribution is 2.37. The summed E-state index contributed by atoms with van der Waals surface area (Å²) in [5.74, 6) is 1.08. The molecule has 0 aliphatic carbocycles. The minimum absolute atomic E-state index is 0.00789. The lowest BCUT2D eigenvalue weighted by Gasteiger charge is -2.18. The number of amides is 1. The molecule has 2 aromatic carbocycles. The number of aromatic nitrogens is 1. The van der Waals surface area contributed by atoms with Gasteiger partial charge in [-0.25, -0.2) is 4.68 Å². The number of nitro groups is 1. The van der Waals surface area contributed by atoms with Crippen LogP contribution in [0.25, 0.3) is 11.3 Å². The minimum Gasteiger partial charge on any atom is -0.482 e. The van der Waals surface area contributed by atoms with E-state index in [0.717, 1.165) is 5.56 Å². The van der Waals surface area contributed by atoms with Crippen LogP contribution < -0.4 is 24.3 Å². The zero-order valence-electron chi connectivity index (χ0n) is 16.6. The maximum Gasteiger partial charge on any atom is 0.282 e. The van der Waals surface area contributed by atoms with Crippen LogP contribution in [0.4, 0.5) is 11.4 Å². The first-order valence-corrected chi connectivity index (χ1v) is 10.2. The standard InChI is InChI=1S/C20H15N5O6S/c1-21-20-24(22-7-12-5-17-18(31-10-30-17)6-14(12)25(27)28)15(9-32-20)11-2-3-16-13(4-11)23-19(26)8-29-16/h2-7,9H,8,10H2,1H3,(H,23,26). The number of hydrogen-bond acceptors (Lipinski definition) is 9. The summed E-state index contributed by atoms with van der Waals surface area (Å²) in [6, 6.07) is 8.22. The topological polar surface area (TPSA) is 130 Å². The number of thiazole rings is 1. The van der Waals surface area contributed by atoms with Crippen molar-refractivity contribution in [2.45, 2.75) is 0 Å². The monoisotopic (exact) mass is 453 g/mol. The first-order valence-electron chi connectivity index (χ1n) is 9.36. The van der Waals surface area contributed by atoms with Crippen molar-refractivity contribution in [3.05, 3.63) is 56.2 Å². The van der Waals surface area contributed by atoms with Crippen molar-refractivity contribution >= 4 is 34.8 Å². The van der Waals surface area contributed by atoms with Crippen molar-refractivity contribution in [1.29, 1.82) is 0 Å². The van der Waals surface area contributed by atoms with Gasteiger partial charge in [-0.05, 0) is 24.3 Å². The van der Waals surface area contributed by atoms with Gasteiger partial charge < -0.3 is 19.5 Å². The Hall–Kier alpha value is -4.19. The molecule has 0 spiro atoms. The number of carbonyl (C=O) groups excluding carboxylic acids is 1. The zero-order chi connectivity index (χ0) is 22.2. The predicted molar refractivity (Wildman–Crippen MR) is 116 cm³/mol. The van der Waals surface area contributed by atoms with E-state index >= 15 is 0 Å². The molecule has 0 radical (unpaired) electrons. The van der Waals surface area contributed by atoms with Crippen LogP contribution in [0.15, 0.2) is 45.8 Å². The normalized spacial score (nSPS) is 14.9. The maximum absolute atomic E-state index is 11.7. The second-order valence-electron chi connectivity index (χ2n) is 6.75. The molecule has 1 amide bonds. The van der Waals surface area contributed by atoms with E-state index in [-0.39, 0.29) is 30.6 Å². The Morgan fingerprint density at radius 1 is 1.19 bits per heavy atom. The van der Waals surface area contributed by atoms with Crippen LogP contribution in [0.5, 0.6) is 17.2 Å². The Balaban J connectivity index is 1.57. The number of rotatable bonds is 4. The molecule has 3 heterocycles. The SMILES string of the molecule is CN=c1scc(-c2ccc3c(c2)NC(=O)CO3)n1N=Cc1cc2c(cc1[N+](=O)[O-])OCO2. The Labute approximate surface area is 184 Å². The van der Waals surface area contributed by atoms with Gasteiger partial charge in [-0.1, -0.05) is 0 Å². The molecule has 0 saturated carbocycles. The second kappa shape index (κ2) is 7.81. The van der Waals surface area contributed by atoms with Gasteiger partial charge in [-0.2, -0.15) is 5.10 Å². The first kappa shape index (κ1) is 19.8. The van der Waals surface area contributed by atoms with Crippen LogP contribution in [0.2, 0.25) is 0 Å². The quantitative estimate of drug-likeness (QED) is 0.367.